The lowest BCUT2D eigenvalue weighted by atomic mass is 10.3. The lowest BCUT2D eigenvalue weighted by Gasteiger charge is -1.99. The van der Waals surface area contributed by atoms with Crippen molar-refractivity contribution in [3.05, 3.63) is 24.3 Å². The van der Waals surface area contributed by atoms with Gasteiger partial charge in [0.1, 0.15) is 5.75 Å². The summed E-state index contributed by atoms with van der Waals surface area (Å²) in [5, 5.41) is 8.27. The standard InChI is InChI=1S/C8H8O3S/c1-12-7-4-2-6(3-5-7)11-8(9)10/h2-5H,1H3,(H,9,10). The zero-order chi connectivity index (χ0) is 8.97. The molecular formula is C8H8O3S. The smallest absolute Gasteiger partial charge is 0.449 e. The molecule has 0 radical (unpaired) electrons. The van der Waals surface area contributed by atoms with E-state index in [1.165, 1.54) is 0 Å². The number of ether oxygens (including phenoxy) is 1. The van der Waals surface area contributed by atoms with Crippen LogP contribution in [0.3, 0.4) is 0 Å². The van der Waals surface area contributed by atoms with Crippen molar-refractivity contribution in [2.45, 2.75) is 4.90 Å². The van der Waals surface area contributed by atoms with Crippen molar-refractivity contribution in [3.63, 3.8) is 0 Å². The van der Waals surface area contributed by atoms with Crippen molar-refractivity contribution in [1.82, 2.24) is 0 Å². The molecule has 64 valence electrons. The minimum absolute atomic E-state index is 0.348. The number of hydrogen-bond donors (Lipinski definition) is 1. The fourth-order valence-corrected chi connectivity index (χ4v) is 1.15. The van der Waals surface area contributed by atoms with Gasteiger partial charge >= 0.3 is 6.16 Å². The van der Waals surface area contributed by atoms with E-state index in [9.17, 15) is 4.79 Å². The topological polar surface area (TPSA) is 46.5 Å². The van der Waals surface area contributed by atoms with Crippen molar-refractivity contribution in [3.8, 4) is 5.75 Å². The van der Waals surface area contributed by atoms with Gasteiger partial charge in [0.15, 0.2) is 0 Å². The van der Waals surface area contributed by atoms with E-state index < -0.39 is 6.16 Å². The van der Waals surface area contributed by atoms with Crippen LogP contribution < -0.4 is 4.74 Å². The van der Waals surface area contributed by atoms with Crippen molar-refractivity contribution in [1.29, 1.82) is 0 Å². The second-order valence-corrected chi connectivity index (χ2v) is 2.92. The summed E-state index contributed by atoms with van der Waals surface area (Å²) in [6.07, 6.45) is 0.666. The Kier molecular flexibility index (Phi) is 2.99. The molecule has 1 aromatic carbocycles. The van der Waals surface area contributed by atoms with Crippen molar-refractivity contribution >= 4 is 17.9 Å². The molecule has 0 amide bonds. The Balaban J connectivity index is 2.71. The Morgan fingerprint density at radius 1 is 1.42 bits per heavy atom. The van der Waals surface area contributed by atoms with E-state index in [0.29, 0.717) is 5.75 Å². The first kappa shape index (κ1) is 8.93. The molecule has 1 aromatic rings. The molecule has 4 heteroatoms. The van der Waals surface area contributed by atoms with E-state index in [2.05, 4.69) is 4.74 Å². The Bertz CT molecular complexity index is 268. The van der Waals surface area contributed by atoms with E-state index in [1.807, 2.05) is 18.4 Å². The summed E-state index contributed by atoms with van der Waals surface area (Å²) in [6, 6.07) is 6.87. The summed E-state index contributed by atoms with van der Waals surface area (Å²) in [7, 11) is 0. The van der Waals surface area contributed by atoms with Gasteiger partial charge in [0, 0.05) is 4.90 Å². The van der Waals surface area contributed by atoms with Crippen LogP contribution >= 0.6 is 11.8 Å². The minimum atomic E-state index is -1.29. The van der Waals surface area contributed by atoms with Crippen LogP contribution in [-0.4, -0.2) is 17.5 Å². The molecule has 12 heavy (non-hydrogen) atoms. The highest BCUT2D eigenvalue weighted by molar-refractivity contribution is 7.98. The molecule has 0 aliphatic carbocycles. The molecule has 1 rings (SSSR count). The fraction of sp³-hybridized carbons (Fsp3) is 0.125. The van der Waals surface area contributed by atoms with Gasteiger partial charge in [0.05, 0.1) is 0 Å². The van der Waals surface area contributed by atoms with Gasteiger partial charge in [0.25, 0.3) is 0 Å². The number of thioether (sulfide) groups is 1. The molecule has 0 saturated carbocycles. The first-order valence-corrected chi connectivity index (χ1v) is 4.49. The molecule has 0 saturated heterocycles. The fourth-order valence-electron chi connectivity index (χ4n) is 0.745. The zero-order valence-corrected chi connectivity index (χ0v) is 7.30. The first-order valence-electron chi connectivity index (χ1n) is 3.27. The summed E-state index contributed by atoms with van der Waals surface area (Å²) in [6.45, 7) is 0. The van der Waals surface area contributed by atoms with E-state index >= 15 is 0 Å². The van der Waals surface area contributed by atoms with Gasteiger partial charge in [-0.05, 0) is 30.5 Å². The average molecular weight is 184 g/mol. The lowest BCUT2D eigenvalue weighted by Crippen LogP contribution is -2.02. The van der Waals surface area contributed by atoms with E-state index in [1.54, 1.807) is 23.9 Å². The molecule has 0 unspecified atom stereocenters. The number of benzene rings is 1. The predicted octanol–water partition coefficient (Wildman–Crippen LogP) is 2.47. The van der Waals surface area contributed by atoms with Gasteiger partial charge < -0.3 is 9.84 Å². The Morgan fingerprint density at radius 3 is 2.42 bits per heavy atom. The highest BCUT2D eigenvalue weighted by Gasteiger charge is 1.99. The Morgan fingerprint density at radius 2 is 2.00 bits per heavy atom. The number of carbonyl (C=O) groups is 1. The van der Waals surface area contributed by atoms with Gasteiger partial charge in [-0.15, -0.1) is 11.8 Å². The van der Waals surface area contributed by atoms with Crippen LogP contribution in [0, 0.1) is 0 Å². The van der Waals surface area contributed by atoms with Gasteiger partial charge in [0.2, 0.25) is 0 Å². The number of hydrogen-bond acceptors (Lipinski definition) is 3. The predicted molar refractivity (Wildman–Crippen MR) is 46.9 cm³/mol. The number of rotatable bonds is 2. The van der Waals surface area contributed by atoms with Gasteiger partial charge in [-0.2, -0.15) is 0 Å². The molecule has 0 fully saturated rings. The molecule has 0 aliphatic heterocycles. The van der Waals surface area contributed by atoms with Crippen LogP contribution in [0.1, 0.15) is 0 Å². The number of carboxylic acid groups (broad SMARTS) is 1. The maximum absolute atomic E-state index is 10.1. The van der Waals surface area contributed by atoms with Crippen molar-refractivity contribution in [2.75, 3.05) is 6.26 Å². The zero-order valence-electron chi connectivity index (χ0n) is 6.48. The first-order chi connectivity index (χ1) is 5.72. The van der Waals surface area contributed by atoms with Gasteiger partial charge in [-0.25, -0.2) is 4.79 Å². The highest BCUT2D eigenvalue weighted by atomic mass is 32.2. The summed E-state index contributed by atoms with van der Waals surface area (Å²) in [5.41, 5.74) is 0. The van der Waals surface area contributed by atoms with Crippen LogP contribution in [0.5, 0.6) is 5.75 Å². The molecule has 3 nitrogen and oxygen atoms in total. The van der Waals surface area contributed by atoms with E-state index in [0.717, 1.165) is 4.90 Å². The SMILES string of the molecule is CSc1ccc(OC(=O)O)cc1. The molecule has 1 N–H and O–H groups in total. The monoisotopic (exact) mass is 184 g/mol. The van der Waals surface area contributed by atoms with Crippen LogP contribution in [0.15, 0.2) is 29.2 Å². The Labute approximate surface area is 74.4 Å². The molecule has 0 heterocycles. The second kappa shape index (κ2) is 4.01. The van der Waals surface area contributed by atoms with Gasteiger partial charge in [-0.3, -0.25) is 0 Å². The molecule has 0 aliphatic rings. The molecule has 0 bridgehead atoms. The van der Waals surface area contributed by atoms with E-state index in [-0.39, 0.29) is 0 Å². The van der Waals surface area contributed by atoms with Crippen LogP contribution in [0.2, 0.25) is 0 Å². The average Bonchev–Trinajstić information content (AvgIpc) is 2.05. The summed E-state index contributed by atoms with van der Waals surface area (Å²) in [4.78, 5) is 11.2. The minimum Gasteiger partial charge on any atom is -0.449 e. The molecule has 0 spiro atoms. The van der Waals surface area contributed by atoms with Crippen LogP contribution in [0.4, 0.5) is 4.79 Å². The van der Waals surface area contributed by atoms with Gasteiger partial charge in [-0.1, -0.05) is 0 Å². The van der Waals surface area contributed by atoms with Crippen molar-refractivity contribution < 1.29 is 14.6 Å². The third kappa shape index (κ3) is 2.47. The third-order valence-electron chi connectivity index (χ3n) is 1.26. The summed E-state index contributed by atoms with van der Waals surface area (Å²) < 4.78 is 4.42. The maximum atomic E-state index is 10.1. The second-order valence-electron chi connectivity index (χ2n) is 2.04. The quantitative estimate of drug-likeness (QED) is 0.435. The van der Waals surface area contributed by atoms with Crippen molar-refractivity contribution in [2.24, 2.45) is 0 Å². The summed E-state index contributed by atoms with van der Waals surface area (Å²) in [5.74, 6) is 0.348. The largest absolute Gasteiger partial charge is 0.511 e. The Hall–Kier alpha value is -1.16. The normalized spacial score (nSPS) is 9.42. The van der Waals surface area contributed by atoms with Crippen LogP contribution in [0.25, 0.3) is 0 Å². The highest BCUT2D eigenvalue weighted by Crippen LogP contribution is 2.18. The summed E-state index contributed by atoms with van der Waals surface area (Å²) >= 11 is 1.59. The van der Waals surface area contributed by atoms with Crippen LogP contribution in [-0.2, 0) is 0 Å². The maximum Gasteiger partial charge on any atom is 0.511 e. The third-order valence-corrected chi connectivity index (χ3v) is 2.01. The molecule has 0 aromatic heterocycles. The molecular weight excluding hydrogens is 176 g/mol. The van der Waals surface area contributed by atoms with E-state index in [4.69, 9.17) is 5.11 Å². The lowest BCUT2D eigenvalue weighted by molar-refractivity contribution is 0.144. The molecule has 0 atom stereocenters.